The molecule has 1 N–H and O–H groups in total. The van der Waals surface area contributed by atoms with Crippen molar-refractivity contribution in [2.75, 3.05) is 14.2 Å². The van der Waals surface area contributed by atoms with Gasteiger partial charge in [0.2, 0.25) is 0 Å². The number of methoxy groups -OCH3 is 1. The maximum absolute atomic E-state index is 5.38. The molecule has 0 aromatic heterocycles. The number of hydrogen-bond acceptors (Lipinski definition) is 2. The lowest BCUT2D eigenvalue weighted by molar-refractivity contribution is 0.385. The highest BCUT2D eigenvalue weighted by Gasteiger charge is 2.45. The third kappa shape index (κ3) is 2.19. The smallest absolute Gasteiger partial charge is 0.122 e. The summed E-state index contributed by atoms with van der Waals surface area (Å²) in [5, 5.41) is 3.49. The van der Waals surface area contributed by atoms with Crippen molar-refractivity contribution in [2.24, 2.45) is 5.41 Å². The van der Waals surface area contributed by atoms with Crippen LogP contribution in [-0.2, 0) is 0 Å². The van der Waals surface area contributed by atoms with Gasteiger partial charge in [0.25, 0.3) is 0 Å². The molecule has 2 rings (SSSR count). The molecule has 17 heavy (non-hydrogen) atoms. The minimum Gasteiger partial charge on any atom is -0.496 e. The van der Waals surface area contributed by atoms with Gasteiger partial charge in [-0.25, -0.2) is 0 Å². The first-order chi connectivity index (χ1) is 8.01. The van der Waals surface area contributed by atoms with E-state index in [2.05, 4.69) is 45.3 Å². The van der Waals surface area contributed by atoms with Gasteiger partial charge >= 0.3 is 0 Å². The van der Waals surface area contributed by atoms with E-state index in [-0.39, 0.29) is 0 Å². The molecule has 0 saturated heterocycles. The summed E-state index contributed by atoms with van der Waals surface area (Å²) < 4.78 is 5.38. The molecule has 1 unspecified atom stereocenters. The molecular weight excluding hydrogens is 210 g/mol. The van der Waals surface area contributed by atoms with Crippen molar-refractivity contribution in [3.8, 4) is 5.75 Å². The van der Waals surface area contributed by atoms with Gasteiger partial charge in [-0.3, -0.25) is 0 Å². The van der Waals surface area contributed by atoms with E-state index in [1.54, 1.807) is 7.11 Å². The van der Waals surface area contributed by atoms with Crippen LogP contribution in [0.15, 0.2) is 12.1 Å². The van der Waals surface area contributed by atoms with Crippen LogP contribution in [0.5, 0.6) is 5.75 Å². The molecule has 1 aromatic rings. The fourth-order valence-corrected chi connectivity index (χ4v) is 2.71. The highest BCUT2D eigenvalue weighted by atomic mass is 16.5. The molecule has 1 aliphatic rings. The summed E-state index contributed by atoms with van der Waals surface area (Å²) in [4.78, 5) is 0. The highest BCUT2D eigenvalue weighted by Crippen LogP contribution is 2.55. The van der Waals surface area contributed by atoms with E-state index in [0.29, 0.717) is 11.5 Å². The molecule has 1 aromatic carbocycles. The van der Waals surface area contributed by atoms with Gasteiger partial charge in [-0.15, -0.1) is 0 Å². The Balaban J connectivity index is 2.40. The first-order valence-electron chi connectivity index (χ1n) is 6.34. The molecule has 0 bridgehead atoms. The van der Waals surface area contributed by atoms with Crippen LogP contribution in [0.2, 0.25) is 0 Å². The van der Waals surface area contributed by atoms with E-state index in [9.17, 15) is 0 Å². The molecule has 0 amide bonds. The van der Waals surface area contributed by atoms with Crippen LogP contribution >= 0.6 is 0 Å². The van der Waals surface area contributed by atoms with Crippen LogP contribution in [0.1, 0.15) is 42.5 Å². The van der Waals surface area contributed by atoms with Crippen LogP contribution in [0, 0.1) is 19.3 Å². The molecule has 1 fully saturated rings. The first-order valence-corrected chi connectivity index (χ1v) is 6.34. The van der Waals surface area contributed by atoms with Crippen molar-refractivity contribution in [3.05, 3.63) is 28.8 Å². The Morgan fingerprint density at radius 3 is 2.35 bits per heavy atom. The molecule has 1 atom stereocenters. The SMILES string of the molecule is CNC(c1cc(C)c(OC)cc1C)C1(C)CC1. The van der Waals surface area contributed by atoms with Gasteiger partial charge in [-0.1, -0.05) is 13.0 Å². The number of benzene rings is 1. The van der Waals surface area contributed by atoms with E-state index >= 15 is 0 Å². The van der Waals surface area contributed by atoms with Crippen LogP contribution in [0.4, 0.5) is 0 Å². The standard InChI is InChI=1S/C15H23NO/c1-10-9-13(17-5)11(2)8-12(10)14(16-4)15(3)6-7-15/h8-9,14,16H,6-7H2,1-5H3. The van der Waals surface area contributed by atoms with Gasteiger partial charge in [0, 0.05) is 6.04 Å². The van der Waals surface area contributed by atoms with Crippen LogP contribution < -0.4 is 10.1 Å². The molecule has 1 saturated carbocycles. The Kier molecular flexibility index (Phi) is 3.17. The summed E-state index contributed by atoms with van der Waals surface area (Å²) in [6, 6.07) is 4.90. The molecule has 0 heterocycles. The van der Waals surface area contributed by atoms with Crippen LogP contribution in [0.3, 0.4) is 0 Å². The maximum Gasteiger partial charge on any atom is 0.122 e. The lowest BCUT2D eigenvalue weighted by atomic mass is 9.88. The van der Waals surface area contributed by atoms with Crippen molar-refractivity contribution in [2.45, 2.75) is 39.7 Å². The van der Waals surface area contributed by atoms with Crippen molar-refractivity contribution < 1.29 is 4.74 Å². The lowest BCUT2D eigenvalue weighted by Crippen LogP contribution is -2.25. The summed E-state index contributed by atoms with van der Waals surface area (Å²) in [5.74, 6) is 0.988. The van der Waals surface area contributed by atoms with Gasteiger partial charge in [0.05, 0.1) is 7.11 Å². The zero-order chi connectivity index (χ0) is 12.6. The van der Waals surface area contributed by atoms with Crippen LogP contribution in [-0.4, -0.2) is 14.2 Å². The Labute approximate surface area is 104 Å². The van der Waals surface area contributed by atoms with E-state index in [1.165, 1.54) is 29.5 Å². The molecule has 2 nitrogen and oxygen atoms in total. The largest absolute Gasteiger partial charge is 0.496 e. The van der Waals surface area contributed by atoms with Crippen molar-refractivity contribution in [1.29, 1.82) is 0 Å². The second-order valence-corrected chi connectivity index (χ2v) is 5.55. The van der Waals surface area contributed by atoms with Gasteiger partial charge in [-0.2, -0.15) is 0 Å². The second-order valence-electron chi connectivity index (χ2n) is 5.55. The summed E-state index contributed by atoms with van der Waals surface area (Å²) in [6.45, 7) is 6.66. The highest BCUT2D eigenvalue weighted by molar-refractivity contribution is 5.43. The fraction of sp³-hybridized carbons (Fsp3) is 0.600. The molecule has 94 valence electrons. The van der Waals surface area contributed by atoms with E-state index in [0.717, 1.165) is 5.75 Å². The van der Waals surface area contributed by atoms with Gasteiger partial charge in [-0.05, 0) is 61.9 Å². The van der Waals surface area contributed by atoms with Crippen molar-refractivity contribution in [1.82, 2.24) is 5.32 Å². The minimum absolute atomic E-state index is 0.445. The fourth-order valence-electron chi connectivity index (χ4n) is 2.71. The van der Waals surface area contributed by atoms with E-state index < -0.39 is 0 Å². The third-order valence-electron chi connectivity index (χ3n) is 4.12. The average molecular weight is 233 g/mol. The normalized spacial score (nSPS) is 18.9. The quantitative estimate of drug-likeness (QED) is 0.861. The maximum atomic E-state index is 5.38. The Morgan fingerprint density at radius 2 is 1.88 bits per heavy atom. The number of nitrogens with one attached hydrogen (secondary N) is 1. The first kappa shape index (κ1) is 12.4. The Hall–Kier alpha value is -1.02. The summed E-state index contributed by atoms with van der Waals surface area (Å²) in [6.07, 6.45) is 2.64. The predicted molar refractivity (Wildman–Crippen MR) is 71.6 cm³/mol. The second kappa shape index (κ2) is 4.34. The van der Waals surface area contributed by atoms with Gasteiger partial charge in [0.1, 0.15) is 5.75 Å². The lowest BCUT2D eigenvalue weighted by Gasteiger charge is -2.26. The van der Waals surface area contributed by atoms with Crippen molar-refractivity contribution in [3.63, 3.8) is 0 Å². The molecule has 0 spiro atoms. The molecule has 2 heteroatoms. The Morgan fingerprint density at radius 1 is 1.24 bits per heavy atom. The monoisotopic (exact) mass is 233 g/mol. The molecule has 1 aliphatic carbocycles. The minimum atomic E-state index is 0.445. The van der Waals surface area contributed by atoms with E-state index in [1.807, 2.05) is 0 Å². The van der Waals surface area contributed by atoms with Crippen molar-refractivity contribution >= 4 is 0 Å². The molecule has 0 aliphatic heterocycles. The van der Waals surface area contributed by atoms with Crippen LogP contribution in [0.25, 0.3) is 0 Å². The third-order valence-corrected chi connectivity index (χ3v) is 4.12. The number of ether oxygens (including phenoxy) is 1. The zero-order valence-electron chi connectivity index (χ0n) is 11.6. The van der Waals surface area contributed by atoms with Gasteiger partial charge in [0.15, 0.2) is 0 Å². The molecular formula is C15H23NO. The molecule has 0 radical (unpaired) electrons. The number of hydrogen-bond donors (Lipinski definition) is 1. The summed E-state index contributed by atoms with van der Waals surface area (Å²) in [7, 11) is 3.80. The number of rotatable bonds is 4. The van der Waals surface area contributed by atoms with E-state index in [4.69, 9.17) is 4.74 Å². The summed E-state index contributed by atoms with van der Waals surface area (Å²) in [5.41, 5.74) is 4.41. The zero-order valence-corrected chi connectivity index (χ0v) is 11.6. The summed E-state index contributed by atoms with van der Waals surface area (Å²) >= 11 is 0. The number of aryl methyl sites for hydroxylation is 2. The van der Waals surface area contributed by atoms with Gasteiger partial charge < -0.3 is 10.1 Å². The predicted octanol–water partition coefficient (Wildman–Crippen LogP) is 3.37. The Bertz CT molecular complexity index is 421. The topological polar surface area (TPSA) is 21.3 Å². The average Bonchev–Trinajstić information content (AvgIpc) is 3.02.